The summed E-state index contributed by atoms with van der Waals surface area (Å²) in [6.45, 7) is 3.70. The second-order valence-corrected chi connectivity index (χ2v) is 6.44. The number of carbonyl (C=O) groups excluding carboxylic acids is 2. The van der Waals surface area contributed by atoms with E-state index in [0.29, 0.717) is 11.3 Å². The van der Waals surface area contributed by atoms with Gasteiger partial charge in [-0.3, -0.25) is 4.79 Å². The minimum atomic E-state index is -3.30. The van der Waals surface area contributed by atoms with Crippen molar-refractivity contribution >= 4 is 27.6 Å². The van der Waals surface area contributed by atoms with E-state index in [9.17, 15) is 18.0 Å². The van der Waals surface area contributed by atoms with E-state index in [-0.39, 0.29) is 25.6 Å². The molecule has 0 saturated heterocycles. The van der Waals surface area contributed by atoms with Crippen LogP contribution in [0.25, 0.3) is 0 Å². The van der Waals surface area contributed by atoms with Crippen LogP contribution in [-0.4, -0.2) is 46.2 Å². The molecule has 7 nitrogen and oxygen atoms in total. The maximum atomic E-state index is 11.7. The largest absolute Gasteiger partial charge is 0.462 e. The van der Waals surface area contributed by atoms with Crippen LogP contribution in [0.5, 0.6) is 0 Å². The number of esters is 1. The van der Waals surface area contributed by atoms with Crippen LogP contribution < -0.4 is 9.62 Å². The van der Waals surface area contributed by atoms with Gasteiger partial charge in [-0.15, -0.1) is 0 Å². The first-order valence-corrected chi connectivity index (χ1v) is 8.63. The molecule has 0 aliphatic rings. The van der Waals surface area contributed by atoms with Crippen molar-refractivity contribution in [1.29, 1.82) is 0 Å². The highest BCUT2D eigenvalue weighted by Gasteiger charge is 2.13. The lowest BCUT2D eigenvalue weighted by atomic mass is 10.2. The predicted octanol–water partition coefficient (Wildman–Crippen LogP) is 0.765. The van der Waals surface area contributed by atoms with Crippen molar-refractivity contribution in [3.8, 4) is 0 Å². The van der Waals surface area contributed by atoms with Crippen LogP contribution in [0.4, 0.5) is 5.69 Å². The molecule has 0 spiro atoms. The maximum absolute atomic E-state index is 11.7. The number of anilines is 1. The van der Waals surface area contributed by atoms with Crippen LogP contribution in [-0.2, 0) is 19.6 Å². The third-order valence-electron chi connectivity index (χ3n) is 2.77. The van der Waals surface area contributed by atoms with Crippen molar-refractivity contribution in [2.75, 3.05) is 30.9 Å². The topological polar surface area (TPSA) is 92.8 Å². The van der Waals surface area contributed by atoms with E-state index in [1.54, 1.807) is 31.2 Å². The maximum Gasteiger partial charge on any atom is 0.338 e. The molecule has 0 saturated carbocycles. The number of sulfonamides is 1. The van der Waals surface area contributed by atoms with Gasteiger partial charge in [0, 0.05) is 25.7 Å². The molecule has 122 valence electrons. The molecule has 0 heterocycles. The predicted molar refractivity (Wildman–Crippen MR) is 83.3 cm³/mol. The normalized spacial score (nSPS) is 11.0. The number of rotatable bonds is 7. The van der Waals surface area contributed by atoms with Gasteiger partial charge in [-0.1, -0.05) is 0 Å². The Labute approximate surface area is 130 Å². The first-order chi connectivity index (χ1) is 10.2. The molecule has 1 rings (SSSR count). The smallest absolute Gasteiger partial charge is 0.338 e. The molecule has 0 atom stereocenters. The van der Waals surface area contributed by atoms with Crippen LogP contribution in [0.1, 0.15) is 24.2 Å². The van der Waals surface area contributed by atoms with Gasteiger partial charge in [-0.2, -0.15) is 0 Å². The summed E-state index contributed by atoms with van der Waals surface area (Å²) in [6.07, 6.45) is 1.05. The lowest BCUT2D eigenvalue weighted by Crippen LogP contribution is -2.37. The summed E-state index contributed by atoms with van der Waals surface area (Å²) in [5.74, 6) is -0.652. The number of nitrogens with zero attached hydrogens (tertiary/aromatic N) is 1. The summed E-state index contributed by atoms with van der Waals surface area (Å²) in [7, 11) is -3.30. The molecule has 0 aliphatic heterocycles. The van der Waals surface area contributed by atoms with Crippen LogP contribution in [0, 0.1) is 0 Å². The first-order valence-electron chi connectivity index (χ1n) is 6.74. The quantitative estimate of drug-likeness (QED) is 0.746. The number of amides is 1. The molecular formula is C14H20N2O5S. The van der Waals surface area contributed by atoms with E-state index in [4.69, 9.17) is 4.74 Å². The standard InChI is InChI=1S/C14H20N2O5S/c1-4-21-14(18)12-5-7-13(8-6-12)16(11(2)17)10-9-15-22(3,19)20/h5-8,15H,4,9-10H2,1-3H3. The second-order valence-electron chi connectivity index (χ2n) is 4.60. The molecule has 1 N–H and O–H groups in total. The van der Waals surface area contributed by atoms with Gasteiger partial charge in [-0.25, -0.2) is 17.9 Å². The van der Waals surface area contributed by atoms with Crippen LogP contribution in [0.15, 0.2) is 24.3 Å². The fourth-order valence-electron chi connectivity index (χ4n) is 1.80. The Morgan fingerprint density at radius 1 is 1.23 bits per heavy atom. The van der Waals surface area contributed by atoms with Crippen molar-refractivity contribution in [1.82, 2.24) is 4.72 Å². The fourth-order valence-corrected chi connectivity index (χ4v) is 2.27. The molecule has 0 aromatic heterocycles. The lowest BCUT2D eigenvalue weighted by Gasteiger charge is -2.21. The average Bonchev–Trinajstić information content (AvgIpc) is 2.42. The van der Waals surface area contributed by atoms with Gasteiger partial charge in [0.15, 0.2) is 0 Å². The van der Waals surface area contributed by atoms with Gasteiger partial charge in [0.2, 0.25) is 15.9 Å². The Morgan fingerprint density at radius 2 is 1.82 bits per heavy atom. The summed E-state index contributed by atoms with van der Waals surface area (Å²) in [5.41, 5.74) is 0.971. The average molecular weight is 328 g/mol. The Morgan fingerprint density at radius 3 is 2.27 bits per heavy atom. The summed E-state index contributed by atoms with van der Waals surface area (Å²) >= 11 is 0. The summed E-state index contributed by atoms with van der Waals surface area (Å²) in [5, 5.41) is 0. The van der Waals surface area contributed by atoms with Gasteiger partial charge in [0.25, 0.3) is 0 Å². The van der Waals surface area contributed by atoms with E-state index >= 15 is 0 Å². The number of ether oxygens (including phenoxy) is 1. The molecular weight excluding hydrogens is 308 g/mol. The number of nitrogens with one attached hydrogen (secondary N) is 1. The third kappa shape index (κ3) is 5.82. The zero-order valence-corrected chi connectivity index (χ0v) is 13.6. The third-order valence-corrected chi connectivity index (χ3v) is 3.50. The van der Waals surface area contributed by atoms with E-state index in [1.165, 1.54) is 11.8 Å². The zero-order chi connectivity index (χ0) is 16.8. The van der Waals surface area contributed by atoms with E-state index in [2.05, 4.69) is 4.72 Å². The Kier molecular flexibility index (Phi) is 6.51. The number of hydrogen-bond acceptors (Lipinski definition) is 5. The minimum absolute atomic E-state index is 0.109. The molecule has 0 unspecified atom stereocenters. The SMILES string of the molecule is CCOC(=O)c1ccc(N(CCNS(C)(=O)=O)C(C)=O)cc1. The van der Waals surface area contributed by atoms with Crippen molar-refractivity contribution < 1.29 is 22.7 Å². The molecule has 0 bridgehead atoms. The first kappa shape index (κ1) is 18.1. The minimum Gasteiger partial charge on any atom is -0.462 e. The fraction of sp³-hybridized carbons (Fsp3) is 0.429. The molecule has 8 heteroatoms. The lowest BCUT2D eigenvalue weighted by molar-refractivity contribution is -0.116. The van der Waals surface area contributed by atoms with Crippen molar-refractivity contribution in [2.24, 2.45) is 0 Å². The Hall–Kier alpha value is -1.93. The Balaban J connectivity index is 2.80. The highest BCUT2D eigenvalue weighted by Crippen LogP contribution is 2.16. The zero-order valence-electron chi connectivity index (χ0n) is 12.8. The van der Waals surface area contributed by atoms with Crippen molar-refractivity contribution in [2.45, 2.75) is 13.8 Å². The molecule has 0 fully saturated rings. The summed E-state index contributed by atoms with van der Waals surface area (Å²) in [4.78, 5) is 24.7. The molecule has 22 heavy (non-hydrogen) atoms. The molecule has 1 aromatic rings. The summed E-state index contributed by atoms with van der Waals surface area (Å²) in [6, 6.07) is 6.36. The van der Waals surface area contributed by atoms with Crippen LogP contribution in [0.3, 0.4) is 0 Å². The highest BCUT2D eigenvalue weighted by molar-refractivity contribution is 7.88. The molecule has 0 aliphatic carbocycles. The van der Waals surface area contributed by atoms with Gasteiger partial charge in [-0.05, 0) is 31.2 Å². The molecule has 1 aromatic carbocycles. The Bertz CT molecular complexity index is 625. The van der Waals surface area contributed by atoms with E-state index in [0.717, 1.165) is 6.26 Å². The van der Waals surface area contributed by atoms with Crippen molar-refractivity contribution in [3.63, 3.8) is 0 Å². The van der Waals surface area contributed by atoms with E-state index < -0.39 is 16.0 Å². The molecule has 0 radical (unpaired) electrons. The monoisotopic (exact) mass is 328 g/mol. The van der Waals surface area contributed by atoms with Gasteiger partial charge < -0.3 is 9.64 Å². The van der Waals surface area contributed by atoms with Gasteiger partial charge in [0.05, 0.1) is 18.4 Å². The van der Waals surface area contributed by atoms with Crippen LogP contribution >= 0.6 is 0 Å². The summed E-state index contributed by atoms with van der Waals surface area (Å²) < 4.78 is 29.3. The second kappa shape index (κ2) is 7.90. The van der Waals surface area contributed by atoms with Crippen LogP contribution in [0.2, 0.25) is 0 Å². The highest BCUT2D eigenvalue weighted by atomic mass is 32.2. The number of benzene rings is 1. The van der Waals surface area contributed by atoms with Crippen molar-refractivity contribution in [3.05, 3.63) is 29.8 Å². The van der Waals surface area contributed by atoms with E-state index in [1.807, 2.05) is 0 Å². The number of carbonyl (C=O) groups is 2. The van der Waals surface area contributed by atoms with Gasteiger partial charge >= 0.3 is 5.97 Å². The van der Waals surface area contributed by atoms with Gasteiger partial charge in [0.1, 0.15) is 0 Å². The number of hydrogen-bond donors (Lipinski definition) is 1. The molecule has 1 amide bonds.